The second-order valence-corrected chi connectivity index (χ2v) is 3.66. The van der Waals surface area contributed by atoms with E-state index in [1.54, 1.807) is 7.11 Å². The van der Waals surface area contributed by atoms with Crippen molar-refractivity contribution >= 4 is 11.6 Å². The van der Waals surface area contributed by atoms with Crippen LogP contribution >= 0.6 is 0 Å². The Kier molecular flexibility index (Phi) is 2.78. The first-order valence-corrected chi connectivity index (χ1v) is 5.08. The Morgan fingerprint density at radius 3 is 2.41 bits per heavy atom. The van der Waals surface area contributed by atoms with Crippen LogP contribution < -0.4 is 21.9 Å². The molecule has 1 aromatic heterocycles. The van der Waals surface area contributed by atoms with Gasteiger partial charge in [0.1, 0.15) is 17.4 Å². The number of hydrogen-bond acceptors (Lipinski definition) is 4. The average molecular weight is 234 g/mol. The van der Waals surface area contributed by atoms with Crippen molar-refractivity contribution in [2.24, 2.45) is 0 Å². The van der Waals surface area contributed by atoms with Gasteiger partial charge in [-0.05, 0) is 17.7 Å². The van der Waals surface area contributed by atoms with Crippen molar-refractivity contribution in [1.29, 1.82) is 0 Å². The lowest BCUT2D eigenvalue weighted by Crippen LogP contribution is -2.19. The molecule has 0 saturated carbocycles. The number of hydrogen-bond donors (Lipinski definition) is 3. The fourth-order valence-electron chi connectivity index (χ4n) is 1.57. The highest BCUT2D eigenvalue weighted by Gasteiger charge is 2.08. The fourth-order valence-corrected chi connectivity index (χ4v) is 1.57. The number of aromatic amines is 1. The van der Waals surface area contributed by atoms with Gasteiger partial charge in [-0.25, -0.2) is 4.79 Å². The predicted molar refractivity (Wildman–Crippen MR) is 66.0 cm³/mol. The number of ether oxygens (including phenoxy) is 1. The molecule has 6 heteroatoms. The maximum Gasteiger partial charge on any atom is 0.329 e. The molecule has 0 amide bonds. The third kappa shape index (κ3) is 2.10. The van der Waals surface area contributed by atoms with Crippen LogP contribution in [0.5, 0.6) is 5.75 Å². The number of H-pyrrole nitrogens is 1. The highest BCUT2D eigenvalue weighted by atomic mass is 16.5. The number of nitrogens with two attached hydrogens (primary N) is 2. The van der Waals surface area contributed by atoms with E-state index in [9.17, 15) is 4.79 Å². The fraction of sp³-hybridized carbons (Fsp3) is 0.182. The van der Waals surface area contributed by atoms with Gasteiger partial charge in [0, 0.05) is 0 Å². The molecule has 0 bridgehead atoms. The van der Waals surface area contributed by atoms with Crippen molar-refractivity contribution in [1.82, 2.24) is 9.55 Å². The number of nitrogen functional groups attached to an aromatic ring is 2. The van der Waals surface area contributed by atoms with Crippen molar-refractivity contribution < 1.29 is 4.74 Å². The summed E-state index contributed by atoms with van der Waals surface area (Å²) in [4.78, 5) is 14.0. The number of anilines is 2. The average Bonchev–Trinajstić information content (AvgIpc) is 2.57. The van der Waals surface area contributed by atoms with Crippen molar-refractivity contribution in [2.75, 3.05) is 18.6 Å². The van der Waals surface area contributed by atoms with Gasteiger partial charge >= 0.3 is 5.69 Å². The van der Waals surface area contributed by atoms with Crippen LogP contribution in [0.3, 0.4) is 0 Å². The number of methoxy groups -OCH3 is 1. The minimum Gasteiger partial charge on any atom is -0.497 e. The second-order valence-electron chi connectivity index (χ2n) is 3.66. The topological polar surface area (TPSA) is 99.1 Å². The third-order valence-electron chi connectivity index (χ3n) is 2.55. The summed E-state index contributed by atoms with van der Waals surface area (Å²) in [6.45, 7) is 0.377. The van der Waals surface area contributed by atoms with Gasteiger partial charge in [-0.15, -0.1) is 0 Å². The lowest BCUT2D eigenvalue weighted by Gasteiger charge is -2.05. The van der Waals surface area contributed by atoms with Gasteiger partial charge in [0.15, 0.2) is 0 Å². The highest BCUT2D eigenvalue weighted by Crippen LogP contribution is 2.14. The van der Waals surface area contributed by atoms with Gasteiger partial charge in [-0.2, -0.15) is 0 Å². The van der Waals surface area contributed by atoms with Crippen LogP contribution in [0, 0.1) is 0 Å². The lowest BCUT2D eigenvalue weighted by molar-refractivity contribution is 0.414. The van der Waals surface area contributed by atoms with Gasteiger partial charge in [-0.3, -0.25) is 9.55 Å². The summed E-state index contributed by atoms with van der Waals surface area (Å²) < 4.78 is 6.44. The molecule has 0 saturated heterocycles. The number of rotatable bonds is 3. The SMILES string of the molecule is COc1ccc(Cn2c(N)c(N)[nH]c2=O)cc1. The number of benzene rings is 1. The molecule has 0 radical (unpaired) electrons. The second kappa shape index (κ2) is 4.25. The molecule has 0 spiro atoms. The van der Waals surface area contributed by atoms with Crippen LogP contribution in [0.2, 0.25) is 0 Å². The quantitative estimate of drug-likeness (QED) is 0.715. The molecule has 0 aliphatic carbocycles. The molecule has 17 heavy (non-hydrogen) atoms. The number of imidazole rings is 1. The van der Waals surface area contributed by atoms with Crippen LogP contribution in [-0.2, 0) is 6.54 Å². The van der Waals surface area contributed by atoms with E-state index in [0.717, 1.165) is 11.3 Å². The molecule has 90 valence electrons. The first kappa shape index (κ1) is 11.1. The minimum absolute atomic E-state index is 0.198. The summed E-state index contributed by atoms with van der Waals surface area (Å²) in [6, 6.07) is 7.39. The van der Waals surface area contributed by atoms with E-state index in [1.165, 1.54) is 4.57 Å². The number of nitrogens with one attached hydrogen (secondary N) is 1. The van der Waals surface area contributed by atoms with Crippen LogP contribution in [0.25, 0.3) is 0 Å². The molecular formula is C11H14N4O2. The smallest absolute Gasteiger partial charge is 0.329 e. The molecule has 2 rings (SSSR count). The molecule has 5 N–H and O–H groups in total. The van der Waals surface area contributed by atoms with Gasteiger partial charge in [0.05, 0.1) is 13.7 Å². The molecule has 0 aliphatic heterocycles. The van der Waals surface area contributed by atoms with Crippen molar-refractivity contribution in [3.63, 3.8) is 0 Å². The van der Waals surface area contributed by atoms with Crippen LogP contribution in [0.4, 0.5) is 11.6 Å². The zero-order chi connectivity index (χ0) is 12.4. The maximum atomic E-state index is 11.5. The zero-order valence-corrected chi connectivity index (χ0v) is 9.43. The van der Waals surface area contributed by atoms with E-state index in [4.69, 9.17) is 16.2 Å². The molecule has 0 fully saturated rings. The summed E-state index contributed by atoms with van der Waals surface area (Å²) in [5.74, 6) is 1.22. The third-order valence-corrected chi connectivity index (χ3v) is 2.55. The zero-order valence-electron chi connectivity index (χ0n) is 9.43. The Bertz CT molecular complexity index is 568. The standard InChI is InChI=1S/C11H14N4O2/c1-17-8-4-2-7(3-5-8)6-15-10(13)9(12)14-11(15)16/h2-5H,6,12-13H2,1H3,(H,14,16). The lowest BCUT2D eigenvalue weighted by atomic mass is 10.2. The summed E-state index contributed by atoms with van der Waals surface area (Å²) >= 11 is 0. The minimum atomic E-state index is -0.309. The Morgan fingerprint density at radius 1 is 1.29 bits per heavy atom. The molecule has 1 aromatic carbocycles. The van der Waals surface area contributed by atoms with Crippen molar-refractivity contribution in [2.45, 2.75) is 6.54 Å². The number of aromatic nitrogens is 2. The van der Waals surface area contributed by atoms with E-state index >= 15 is 0 Å². The molecule has 1 heterocycles. The van der Waals surface area contributed by atoms with Gasteiger partial charge in [-0.1, -0.05) is 12.1 Å². The summed E-state index contributed by atoms with van der Waals surface area (Å²) in [7, 11) is 1.60. The van der Waals surface area contributed by atoms with Gasteiger partial charge in [0.25, 0.3) is 0 Å². The molecular weight excluding hydrogens is 220 g/mol. The Morgan fingerprint density at radius 2 is 1.94 bits per heavy atom. The van der Waals surface area contributed by atoms with E-state index in [2.05, 4.69) is 4.98 Å². The van der Waals surface area contributed by atoms with E-state index in [-0.39, 0.29) is 17.3 Å². The Labute approximate surface area is 97.8 Å². The number of nitrogens with zero attached hydrogens (tertiary/aromatic N) is 1. The van der Waals surface area contributed by atoms with E-state index < -0.39 is 0 Å². The monoisotopic (exact) mass is 234 g/mol. The van der Waals surface area contributed by atoms with Crippen molar-refractivity contribution in [3.05, 3.63) is 40.3 Å². The van der Waals surface area contributed by atoms with E-state index in [0.29, 0.717) is 6.54 Å². The molecule has 6 nitrogen and oxygen atoms in total. The van der Waals surface area contributed by atoms with Gasteiger partial charge in [0.2, 0.25) is 0 Å². The van der Waals surface area contributed by atoms with Crippen LogP contribution in [0.1, 0.15) is 5.56 Å². The highest BCUT2D eigenvalue weighted by molar-refractivity contribution is 5.53. The Balaban J connectivity index is 2.28. The van der Waals surface area contributed by atoms with E-state index in [1.807, 2.05) is 24.3 Å². The van der Waals surface area contributed by atoms with Crippen LogP contribution in [0.15, 0.2) is 29.1 Å². The summed E-state index contributed by atoms with van der Waals surface area (Å²) in [5, 5.41) is 0. The first-order valence-electron chi connectivity index (χ1n) is 5.08. The Hall–Kier alpha value is -2.37. The van der Waals surface area contributed by atoms with Crippen molar-refractivity contribution in [3.8, 4) is 5.75 Å². The molecule has 0 atom stereocenters. The molecule has 0 unspecified atom stereocenters. The maximum absolute atomic E-state index is 11.5. The molecule has 0 aliphatic rings. The first-order chi connectivity index (χ1) is 8.11. The predicted octanol–water partition coefficient (Wildman–Crippen LogP) is 0.398. The summed E-state index contributed by atoms with van der Waals surface area (Å²) in [5.41, 5.74) is 11.8. The normalized spacial score (nSPS) is 10.4. The summed E-state index contributed by atoms with van der Waals surface area (Å²) in [6.07, 6.45) is 0. The largest absolute Gasteiger partial charge is 0.497 e. The van der Waals surface area contributed by atoms with Gasteiger partial charge < -0.3 is 16.2 Å². The molecule has 2 aromatic rings. The van der Waals surface area contributed by atoms with Crippen LogP contribution in [-0.4, -0.2) is 16.7 Å².